The van der Waals surface area contributed by atoms with E-state index in [0.29, 0.717) is 23.4 Å². The summed E-state index contributed by atoms with van der Waals surface area (Å²) < 4.78 is 27.8. The van der Waals surface area contributed by atoms with Crippen LogP contribution in [0.1, 0.15) is 37.6 Å². The third-order valence-corrected chi connectivity index (χ3v) is 8.82. The number of aromatic nitrogens is 1. The highest BCUT2D eigenvalue weighted by Gasteiger charge is 2.40. The van der Waals surface area contributed by atoms with Crippen LogP contribution >= 0.6 is 21.6 Å². The summed E-state index contributed by atoms with van der Waals surface area (Å²) in [6.07, 6.45) is 7.10. The van der Waals surface area contributed by atoms with Crippen LogP contribution in [-0.2, 0) is 10.0 Å². The lowest BCUT2D eigenvalue weighted by atomic mass is 9.97. The van der Waals surface area contributed by atoms with Gasteiger partial charge in [0, 0.05) is 17.0 Å². The summed E-state index contributed by atoms with van der Waals surface area (Å²) in [7, 11) is -5.33. The first kappa shape index (κ1) is 23.9. The Hall–Kier alpha value is -1.77. The lowest BCUT2D eigenvalue weighted by molar-refractivity contribution is 0.0981. The minimum atomic E-state index is -4.02. The summed E-state index contributed by atoms with van der Waals surface area (Å²) in [5.74, 6) is 0.128. The van der Waals surface area contributed by atoms with E-state index in [-0.39, 0.29) is 16.0 Å². The molecule has 31 heavy (non-hydrogen) atoms. The number of anilines is 1. The number of carbonyl (C=O) groups is 1. The molecule has 0 saturated carbocycles. The number of benzene rings is 1. The zero-order valence-electron chi connectivity index (χ0n) is 18.8. The highest BCUT2D eigenvalue weighted by Crippen LogP contribution is 2.50. The van der Waals surface area contributed by atoms with E-state index >= 15 is 0 Å². The van der Waals surface area contributed by atoms with Gasteiger partial charge in [0.2, 0.25) is 0 Å². The maximum atomic E-state index is 13.3. The van der Waals surface area contributed by atoms with Crippen LogP contribution in [0.15, 0.2) is 46.2 Å². The molecule has 0 aliphatic carbocycles. The van der Waals surface area contributed by atoms with E-state index in [0.717, 1.165) is 11.3 Å². The van der Waals surface area contributed by atoms with Crippen molar-refractivity contribution in [1.29, 1.82) is 0 Å². The molecule has 1 aromatic carbocycles. The molecule has 170 valence electrons. The zero-order chi connectivity index (χ0) is 23.2. The van der Waals surface area contributed by atoms with Gasteiger partial charge in [-0.05, 0) is 63.2 Å². The lowest BCUT2D eigenvalue weighted by Gasteiger charge is -2.35. The van der Waals surface area contributed by atoms with Crippen molar-refractivity contribution in [2.75, 3.05) is 30.2 Å². The SMILES string of the molecule is C[C@@H]1CN(c2nc(Cl)c(S(C)(C)C)cc2C(=O)NS(=O)(=O)c2ccccc2)C(C)(C)C1. The molecule has 0 radical (unpaired) electrons. The van der Waals surface area contributed by atoms with Gasteiger partial charge in [-0.25, -0.2) is 28.2 Å². The van der Waals surface area contributed by atoms with Gasteiger partial charge in [-0.15, -0.1) is 0 Å². The summed E-state index contributed by atoms with van der Waals surface area (Å²) in [6, 6.07) is 9.57. The number of sulfonamides is 1. The highest BCUT2D eigenvalue weighted by atomic mass is 35.5. The largest absolute Gasteiger partial charge is 0.351 e. The summed E-state index contributed by atoms with van der Waals surface area (Å²) in [4.78, 5) is 20.8. The van der Waals surface area contributed by atoms with Gasteiger partial charge in [-0.2, -0.15) is 0 Å². The molecule has 1 N–H and O–H groups in total. The second-order valence-corrected chi connectivity index (χ2v) is 15.6. The molecule has 0 unspecified atom stereocenters. The van der Waals surface area contributed by atoms with Gasteiger partial charge in [-0.3, -0.25) is 4.79 Å². The van der Waals surface area contributed by atoms with Gasteiger partial charge < -0.3 is 4.90 Å². The maximum absolute atomic E-state index is 13.3. The fourth-order valence-corrected chi connectivity index (χ4v) is 6.90. The number of pyridine rings is 1. The van der Waals surface area contributed by atoms with Crippen molar-refractivity contribution in [2.45, 2.75) is 42.5 Å². The predicted octanol–water partition coefficient (Wildman–Crippen LogP) is 4.53. The molecule has 0 bridgehead atoms. The van der Waals surface area contributed by atoms with Crippen LogP contribution < -0.4 is 9.62 Å². The van der Waals surface area contributed by atoms with Crippen molar-refractivity contribution in [3.05, 3.63) is 47.1 Å². The second-order valence-electron chi connectivity index (χ2n) is 9.47. The predicted molar refractivity (Wildman–Crippen MR) is 129 cm³/mol. The standard InChI is InChI=1S/C22H30ClN3O3S2/c1-15-13-22(2,3)26(14-15)20-17(12-18(19(23)24-20)30(4,5)6)21(27)25-31(28,29)16-10-8-7-9-11-16/h7-12,15H,13-14H2,1-6H3,(H,25,27)/t15-/m0/s1. The van der Waals surface area contributed by atoms with E-state index in [1.807, 2.05) is 0 Å². The molecule has 1 aromatic heterocycles. The number of nitrogens with zero attached hydrogens (tertiary/aromatic N) is 2. The number of halogens is 1. The van der Waals surface area contributed by atoms with E-state index in [2.05, 4.69) is 54.1 Å². The van der Waals surface area contributed by atoms with E-state index in [1.54, 1.807) is 24.3 Å². The Labute approximate surface area is 191 Å². The number of carbonyl (C=O) groups excluding carboxylic acids is 1. The molecule has 1 amide bonds. The molecular formula is C22H30ClN3O3S2. The maximum Gasteiger partial charge on any atom is 0.268 e. The first-order valence-corrected chi connectivity index (χ1v) is 14.7. The molecular weight excluding hydrogens is 454 g/mol. The molecule has 1 aliphatic heterocycles. The third-order valence-electron chi connectivity index (χ3n) is 5.44. The average Bonchev–Trinajstić information content (AvgIpc) is 2.92. The first-order valence-electron chi connectivity index (χ1n) is 10.0. The number of nitrogens with one attached hydrogen (secondary N) is 1. The van der Waals surface area contributed by atoms with Crippen LogP contribution in [0.4, 0.5) is 5.82 Å². The molecule has 1 fully saturated rings. The molecule has 9 heteroatoms. The fourth-order valence-electron chi connectivity index (χ4n) is 4.06. The second kappa shape index (κ2) is 8.30. The number of amides is 1. The fraction of sp³-hybridized carbons (Fsp3) is 0.455. The van der Waals surface area contributed by atoms with Gasteiger partial charge >= 0.3 is 0 Å². The molecule has 6 nitrogen and oxygen atoms in total. The Morgan fingerprint density at radius 1 is 1.19 bits per heavy atom. The summed E-state index contributed by atoms with van der Waals surface area (Å²) in [5, 5.41) is 0.357. The van der Waals surface area contributed by atoms with E-state index in [1.165, 1.54) is 12.1 Å². The Balaban J connectivity index is 2.11. The van der Waals surface area contributed by atoms with Crippen molar-refractivity contribution < 1.29 is 13.2 Å². The van der Waals surface area contributed by atoms with E-state index in [9.17, 15) is 13.2 Å². The molecule has 2 aromatic rings. The van der Waals surface area contributed by atoms with E-state index < -0.39 is 26.0 Å². The van der Waals surface area contributed by atoms with Crippen LogP contribution in [0.2, 0.25) is 5.15 Å². The monoisotopic (exact) mass is 483 g/mol. The molecule has 1 saturated heterocycles. The van der Waals surface area contributed by atoms with Crippen molar-refractivity contribution in [3.63, 3.8) is 0 Å². The number of rotatable bonds is 5. The molecule has 3 rings (SSSR count). The Bertz CT molecular complexity index is 1100. The van der Waals surface area contributed by atoms with Gasteiger partial charge in [0.1, 0.15) is 11.0 Å². The molecule has 2 heterocycles. The van der Waals surface area contributed by atoms with Gasteiger partial charge in [0.25, 0.3) is 15.9 Å². The number of hydrogen-bond acceptors (Lipinski definition) is 5. The Morgan fingerprint density at radius 2 is 1.81 bits per heavy atom. The average molecular weight is 484 g/mol. The van der Waals surface area contributed by atoms with Crippen LogP contribution in [0, 0.1) is 5.92 Å². The smallest absolute Gasteiger partial charge is 0.268 e. The van der Waals surface area contributed by atoms with Crippen molar-refractivity contribution >= 4 is 43.4 Å². The highest BCUT2D eigenvalue weighted by molar-refractivity contribution is 8.32. The molecule has 0 spiro atoms. The van der Waals surface area contributed by atoms with Crippen molar-refractivity contribution in [3.8, 4) is 0 Å². The zero-order valence-corrected chi connectivity index (χ0v) is 21.2. The van der Waals surface area contributed by atoms with Gasteiger partial charge in [0.15, 0.2) is 0 Å². The van der Waals surface area contributed by atoms with Crippen LogP contribution in [0.5, 0.6) is 0 Å². The summed E-state index contributed by atoms with van der Waals surface area (Å²) in [6.45, 7) is 7.05. The van der Waals surface area contributed by atoms with Crippen LogP contribution in [-0.4, -0.2) is 50.2 Å². The van der Waals surface area contributed by atoms with Crippen LogP contribution in [0.25, 0.3) is 0 Å². The van der Waals surface area contributed by atoms with Crippen molar-refractivity contribution in [2.24, 2.45) is 5.92 Å². The van der Waals surface area contributed by atoms with Gasteiger partial charge in [-0.1, -0.05) is 36.7 Å². The summed E-state index contributed by atoms with van der Waals surface area (Å²) >= 11 is 6.56. The normalized spacial score (nSPS) is 19.3. The minimum absolute atomic E-state index is 0.0311. The Kier molecular flexibility index (Phi) is 6.39. The summed E-state index contributed by atoms with van der Waals surface area (Å²) in [5.41, 5.74) is -0.0114. The third kappa shape index (κ3) is 5.02. The molecule has 1 aliphatic rings. The number of hydrogen-bond donors (Lipinski definition) is 1. The topological polar surface area (TPSA) is 79.4 Å². The van der Waals surface area contributed by atoms with Crippen molar-refractivity contribution in [1.82, 2.24) is 9.71 Å². The molecule has 1 atom stereocenters. The first-order chi connectivity index (χ1) is 14.2. The van der Waals surface area contributed by atoms with Crippen LogP contribution in [0.3, 0.4) is 0 Å². The van der Waals surface area contributed by atoms with Gasteiger partial charge in [0.05, 0.1) is 10.5 Å². The minimum Gasteiger partial charge on any atom is -0.351 e. The lowest BCUT2D eigenvalue weighted by Crippen LogP contribution is -2.41. The quantitative estimate of drug-likeness (QED) is 0.632. The van der Waals surface area contributed by atoms with E-state index in [4.69, 9.17) is 11.6 Å². The Morgan fingerprint density at radius 3 is 2.32 bits per heavy atom.